The molecule has 0 spiro atoms. The minimum absolute atomic E-state index is 0.0834. The second kappa shape index (κ2) is 5.90. The van der Waals surface area contributed by atoms with Crippen LogP contribution in [0.2, 0.25) is 0 Å². The predicted molar refractivity (Wildman–Crippen MR) is 89.0 cm³/mol. The number of amides is 1. The number of benzene rings is 2. The summed E-state index contributed by atoms with van der Waals surface area (Å²) in [5, 5.41) is 5.39. The third-order valence-electron chi connectivity index (χ3n) is 3.66. The molecule has 0 atom stereocenters. The molecule has 0 aliphatic heterocycles. The molecule has 4 rings (SSSR count). The van der Waals surface area contributed by atoms with E-state index in [9.17, 15) is 9.18 Å². The number of oxazole rings is 2. The van der Waals surface area contributed by atoms with Crippen LogP contribution in [-0.4, -0.2) is 22.9 Å². The number of halogens is 1. The lowest BCUT2D eigenvalue weighted by atomic mass is 10.1. The number of rotatable bonds is 4. The highest BCUT2D eigenvalue weighted by molar-refractivity contribution is 5.81. The lowest BCUT2D eigenvalue weighted by Gasteiger charge is -1.99. The zero-order valence-corrected chi connectivity index (χ0v) is 13.2. The van der Waals surface area contributed by atoms with Gasteiger partial charge in [-0.2, -0.15) is 9.97 Å². The fraction of sp³-hybridized carbons (Fsp3) is 0.118. The summed E-state index contributed by atoms with van der Waals surface area (Å²) in [4.78, 5) is 19.9. The van der Waals surface area contributed by atoms with E-state index in [-0.39, 0.29) is 24.4 Å². The largest absolute Gasteiger partial charge is 0.423 e. The first-order valence-corrected chi connectivity index (χ1v) is 7.54. The first kappa shape index (κ1) is 15.1. The highest BCUT2D eigenvalue weighted by atomic mass is 19.1. The van der Waals surface area contributed by atoms with Crippen LogP contribution in [0.3, 0.4) is 0 Å². The molecule has 7 nitrogen and oxygen atoms in total. The molecular formula is C17H13FN4O3. The standard InChI is InChI=1S/C17H13FN4O3/c1-19-15(23)7-9-2-4-13-11(6-9)20-16(24-13)22-17-21-12-8-10(18)3-5-14(12)25-17/h2-6,8H,7H2,1H3,(H,19,23)(H,20,21,22). The number of hydrogen-bond donors (Lipinski definition) is 2. The van der Waals surface area contributed by atoms with Crippen molar-refractivity contribution >= 4 is 40.1 Å². The molecule has 25 heavy (non-hydrogen) atoms. The van der Waals surface area contributed by atoms with Crippen LogP contribution in [0, 0.1) is 5.82 Å². The summed E-state index contributed by atoms with van der Waals surface area (Å²) >= 11 is 0. The molecule has 0 bridgehead atoms. The monoisotopic (exact) mass is 340 g/mol. The van der Waals surface area contributed by atoms with Crippen molar-refractivity contribution in [3.05, 3.63) is 47.8 Å². The van der Waals surface area contributed by atoms with Gasteiger partial charge in [0.05, 0.1) is 6.42 Å². The first-order valence-electron chi connectivity index (χ1n) is 7.54. The van der Waals surface area contributed by atoms with Gasteiger partial charge in [-0.15, -0.1) is 0 Å². The van der Waals surface area contributed by atoms with Crippen LogP contribution in [0.1, 0.15) is 5.56 Å². The summed E-state index contributed by atoms with van der Waals surface area (Å²) in [7, 11) is 1.59. The summed E-state index contributed by atoms with van der Waals surface area (Å²) < 4.78 is 24.3. The molecule has 0 aliphatic rings. The minimum atomic E-state index is -0.391. The van der Waals surface area contributed by atoms with Crippen molar-refractivity contribution < 1.29 is 18.0 Å². The van der Waals surface area contributed by atoms with Crippen molar-refractivity contribution in [2.75, 3.05) is 12.4 Å². The van der Waals surface area contributed by atoms with E-state index < -0.39 is 5.82 Å². The molecule has 0 saturated heterocycles. The zero-order valence-electron chi connectivity index (χ0n) is 13.2. The summed E-state index contributed by atoms with van der Waals surface area (Å²) in [5.41, 5.74) is 2.83. The predicted octanol–water partition coefficient (Wildman–Crippen LogP) is 3.14. The number of aromatic nitrogens is 2. The van der Waals surface area contributed by atoms with Crippen LogP contribution < -0.4 is 10.6 Å². The van der Waals surface area contributed by atoms with E-state index in [4.69, 9.17) is 8.83 Å². The molecule has 2 N–H and O–H groups in total. The van der Waals surface area contributed by atoms with Gasteiger partial charge in [-0.05, 0) is 29.8 Å². The topological polar surface area (TPSA) is 93.2 Å². The Bertz CT molecular complexity index is 1090. The summed E-state index contributed by atoms with van der Waals surface area (Å²) in [5.74, 6) is -0.474. The Morgan fingerprint density at radius 2 is 1.68 bits per heavy atom. The van der Waals surface area contributed by atoms with Gasteiger partial charge in [0.25, 0.3) is 0 Å². The molecule has 0 fully saturated rings. The fourth-order valence-electron chi connectivity index (χ4n) is 2.46. The maximum atomic E-state index is 13.2. The molecule has 0 aliphatic carbocycles. The number of carbonyl (C=O) groups excluding carboxylic acids is 1. The van der Waals surface area contributed by atoms with Crippen LogP contribution in [0.5, 0.6) is 0 Å². The molecule has 2 aromatic heterocycles. The van der Waals surface area contributed by atoms with Gasteiger partial charge in [0.15, 0.2) is 11.2 Å². The van der Waals surface area contributed by atoms with Gasteiger partial charge in [-0.1, -0.05) is 6.07 Å². The average Bonchev–Trinajstić information content (AvgIpc) is 3.16. The zero-order chi connectivity index (χ0) is 17.4. The van der Waals surface area contributed by atoms with Gasteiger partial charge in [-0.3, -0.25) is 10.1 Å². The average molecular weight is 340 g/mol. The Labute approximate surface area is 140 Å². The van der Waals surface area contributed by atoms with Gasteiger partial charge in [-0.25, -0.2) is 4.39 Å². The number of hydrogen-bond acceptors (Lipinski definition) is 6. The second-order valence-corrected chi connectivity index (χ2v) is 5.43. The highest BCUT2D eigenvalue weighted by Crippen LogP contribution is 2.25. The van der Waals surface area contributed by atoms with Crippen LogP contribution in [0.4, 0.5) is 16.4 Å². The van der Waals surface area contributed by atoms with E-state index in [0.29, 0.717) is 22.2 Å². The van der Waals surface area contributed by atoms with Gasteiger partial charge in [0.2, 0.25) is 5.91 Å². The van der Waals surface area contributed by atoms with Crippen molar-refractivity contribution in [2.45, 2.75) is 6.42 Å². The smallest absolute Gasteiger partial charge is 0.303 e. The van der Waals surface area contributed by atoms with Crippen molar-refractivity contribution in [1.29, 1.82) is 0 Å². The summed E-state index contributed by atoms with van der Waals surface area (Å²) in [6.45, 7) is 0. The Hall–Kier alpha value is -3.42. The van der Waals surface area contributed by atoms with E-state index >= 15 is 0 Å². The molecule has 0 unspecified atom stereocenters. The van der Waals surface area contributed by atoms with E-state index in [1.165, 1.54) is 18.2 Å². The first-order chi connectivity index (χ1) is 12.1. The van der Waals surface area contributed by atoms with Crippen molar-refractivity contribution in [3.8, 4) is 0 Å². The molecular weight excluding hydrogens is 327 g/mol. The van der Waals surface area contributed by atoms with E-state index in [0.717, 1.165) is 5.56 Å². The van der Waals surface area contributed by atoms with E-state index in [1.807, 2.05) is 0 Å². The quantitative estimate of drug-likeness (QED) is 0.593. The van der Waals surface area contributed by atoms with Crippen LogP contribution in [0.15, 0.2) is 45.2 Å². The molecule has 0 radical (unpaired) electrons. The molecule has 1 amide bonds. The number of likely N-dealkylation sites (N-methyl/N-ethyl adjacent to an activating group) is 1. The fourth-order valence-corrected chi connectivity index (χ4v) is 2.46. The van der Waals surface area contributed by atoms with Crippen molar-refractivity contribution in [3.63, 3.8) is 0 Å². The number of fused-ring (bicyclic) bond motifs is 2. The number of nitrogens with zero attached hydrogens (tertiary/aromatic N) is 2. The Morgan fingerprint density at radius 1 is 1.04 bits per heavy atom. The molecule has 8 heteroatoms. The Kier molecular flexibility index (Phi) is 3.57. The van der Waals surface area contributed by atoms with Gasteiger partial charge in [0.1, 0.15) is 16.9 Å². The van der Waals surface area contributed by atoms with Crippen LogP contribution >= 0.6 is 0 Å². The highest BCUT2D eigenvalue weighted by Gasteiger charge is 2.12. The van der Waals surface area contributed by atoms with E-state index in [2.05, 4.69) is 20.6 Å². The molecule has 0 saturated carbocycles. The number of anilines is 2. The second-order valence-electron chi connectivity index (χ2n) is 5.43. The normalized spacial score (nSPS) is 11.1. The SMILES string of the molecule is CNC(=O)Cc1ccc2oc(Nc3nc4cc(F)ccc4o3)nc2c1. The molecule has 2 heterocycles. The van der Waals surface area contributed by atoms with Gasteiger partial charge in [0, 0.05) is 13.1 Å². The van der Waals surface area contributed by atoms with Gasteiger partial charge < -0.3 is 14.2 Å². The summed E-state index contributed by atoms with van der Waals surface area (Å²) in [6.07, 6.45) is 0.263. The molecule has 2 aromatic carbocycles. The maximum absolute atomic E-state index is 13.2. The van der Waals surface area contributed by atoms with Crippen molar-refractivity contribution in [1.82, 2.24) is 15.3 Å². The molecule has 4 aromatic rings. The van der Waals surface area contributed by atoms with Crippen LogP contribution in [0.25, 0.3) is 22.2 Å². The molecule has 126 valence electrons. The third-order valence-corrected chi connectivity index (χ3v) is 3.66. The Morgan fingerprint density at radius 3 is 2.36 bits per heavy atom. The van der Waals surface area contributed by atoms with E-state index in [1.54, 1.807) is 25.2 Å². The van der Waals surface area contributed by atoms with Crippen molar-refractivity contribution in [2.24, 2.45) is 0 Å². The van der Waals surface area contributed by atoms with Gasteiger partial charge >= 0.3 is 12.0 Å². The van der Waals surface area contributed by atoms with Crippen LogP contribution in [-0.2, 0) is 11.2 Å². The Balaban J connectivity index is 1.61. The number of carbonyl (C=O) groups is 1. The number of nitrogens with one attached hydrogen (secondary N) is 2. The minimum Gasteiger partial charge on any atom is -0.423 e. The summed E-state index contributed by atoms with van der Waals surface area (Å²) in [6, 6.07) is 9.74. The lowest BCUT2D eigenvalue weighted by Crippen LogP contribution is -2.19. The maximum Gasteiger partial charge on any atom is 0.303 e. The lowest BCUT2D eigenvalue weighted by molar-refractivity contribution is -0.119. The third kappa shape index (κ3) is 3.01.